The van der Waals surface area contributed by atoms with Crippen LogP contribution in [-0.4, -0.2) is 32.0 Å². The van der Waals surface area contributed by atoms with Crippen LogP contribution in [0.4, 0.5) is 0 Å². The molecule has 1 amide bonds. The zero-order chi connectivity index (χ0) is 18.1. The average Bonchev–Trinajstić information content (AvgIpc) is 2.64. The van der Waals surface area contributed by atoms with Crippen molar-refractivity contribution in [2.24, 2.45) is 0 Å². The van der Waals surface area contributed by atoms with Gasteiger partial charge >= 0.3 is 0 Å². The van der Waals surface area contributed by atoms with Crippen LogP contribution in [0.5, 0.6) is 11.5 Å². The van der Waals surface area contributed by atoms with Crippen LogP contribution in [0.1, 0.15) is 35.7 Å². The fourth-order valence-electron chi connectivity index (χ4n) is 2.21. The van der Waals surface area contributed by atoms with Crippen molar-refractivity contribution in [3.63, 3.8) is 0 Å². The summed E-state index contributed by atoms with van der Waals surface area (Å²) in [5.41, 5.74) is 1.68. The number of aldehydes is 1. The fraction of sp³-hybridized carbons (Fsp3) is 0.300. The second-order valence-electron chi connectivity index (χ2n) is 5.87. The molecule has 2 rings (SSSR count). The van der Waals surface area contributed by atoms with E-state index < -0.39 is 0 Å². The van der Waals surface area contributed by atoms with Crippen molar-refractivity contribution >= 4 is 12.2 Å². The van der Waals surface area contributed by atoms with E-state index in [1.807, 2.05) is 24.3 Å². The lowest BCUT2D eigenvalue weighted by atomic mass is 10.0. The predicted octanol–water partition coefficient (Wildman–Crippen LogP) is 3.20. The lowest BCUT2D eigenvalue weighted by molar-refractivity contribution is -0.123. The molecule has 0 unspecified atom stereocenters. The van der Waals surface area contributed by atoms with E-state index in [1.165, 1.54) is 5.56 Å². The number of nitrogens with one attached hydrogen (secondary N) is 1. The van der Waals surface area contributed by atoms with Gasteiger partial charge in [0.15, 0.2) is 12.9 Å². The van der Waals surface area contributed by atoms with E-state index in [0.29, 0.717) is 36.7 Å². The molecule has 5 nitrogen and oxygen atoms in total. The van der Waals surface area contributed by atoms with Gasteiger partial charge in [-0.05, 0) is 35.7 Å². The van der Waals surface area contributed by atoms with Gasteiger partial charge in [0.2, 0.25) is 0 Å². The second-order valence-corrected chi connectivity index (χ2v) is 5.87. The van der Waals surface area contributed by atoms with Crippen molar-refractivity contribution in [2.45, 2.75) is 19.8 Å². The molecule has 1 N–H and O–H groups in total. The molecule has 0 heterocycles. The van der Waals surface area contributed by atoms with Gasteiger partial charge in [0.05, 0.1) is 12.1 Å². The minimum Gasteiger partial charge on any atom is -0.492 e. The van der Waals surface area contributed by atoms with E-state index in [4.69, 9.17) is 9.47 Å². The molecule has 0 fully saturated rings. The summed E-state index contributed by atoms with van der Waals surface area (Å²) in [6.45, 7) is 4.89. The first-order chi connectivity index (χ1) is 12.1. The first-order valence-electron chi connectivity index (χ1n) is 8.26. The fourth-order valence-corrected chi connectivity index (χ4v) is 2.21. The lowest BCUT2D eigenvalue weighted by Gasteiger charge is -2.10. The van der Waals surface area contributed by atoms with Gasteiger partial charge < -0.3 is 14.8 Å². The van der Waals surface area contributed by atoms with E-state index in [1.54, 1.807) is 24.3 Å². The maximum atomic E-state index is 11.8. The highest BCUT2D eigenvalue weighted by Gasteiger charge is 2.06. The highest BCUT2D eigenvalue weighted by atomic mass is 16.5. The standard InChI is InChI=1S/C20H23NO4/c1-15(2)16-7-9-18(10-8-16)24-12-11-21-20(23)14-25-19-6-4-3-5-17(19)13-22/h3-10,13,15H,11-12,14H2,1-2H3,(H,21,23). The summed E-state index contributed by atoms with van der Waals surface area (Å²) < 4.78 is 10.9. The summed E-state index contributed by atoms with van der Waals surface area (Å²) in [6.07, 6.45) is 0.700. The lowest BCUT2D eigenvalue weighted by Crippen LogP contribution is -2.32. The van der Waals surface area contributed by atoms with Crippen LogP contribution in [0.15, 0.2) is 48.5 Å². The van der Waals surface area contributed by atoms with Crippen LogP contribution < -0.4 is 14.8 Å². The molecule has 0 radical (unpaired) electrons. The first-order valence-corrected chi connectivity index (χ1v) is 8.26. The van der Waals surface area contributed by atoms with Crippen molar-refractivity contribution in [3.8, 4) is 11.5 Å². The Kier molecular flexibility index (Phi) is 7.01. The summed E-state index contributed by atoms with van der Waals surface area (Å²) in [4.78, 5) is 22.6. The number of benzene rings is 2. The third kappa shape index (κ3) is 5.95. The topological polar surface area (TPSA) is 64.6 Å². The van der Waals surface area contributed by atoms with E-state index in [9.17, 15) is 9.59 Å². The van der Waals surface area contributed by atoms with E-state index in [0.717, 1.165) is 5.75 Å². The zero-order valence-electron chi connectivity index (χ0n) is 14.5. The summed E-state index contributed by atoms with van der Waals surface area (Å²) in [6, 6.07) is 14.7. The Bertz CT molecular complexity index is 695. The van der Waals surface area contributed by atoms with Crippen molar-refractivity contribution in [3.05, 3.63) is 59.7 Å². The molecule has 132 valence electrons. The molecule has 2 aromatic carbocycles. The summed E-state index contributed by atoms with van der Waals surface area (Å²) in [5.74, 6) is 1.39. The van der Waals surface area contributed by atoms with Crippen molar-refractivity contribution in [1.82, 2.24) is 5.32 Å². The number of ether oxygens (including phenoxy) is 2. The van der Waals surface area contributed by atoms with Gasteiger partial charge in [-0.2, -0.15) is 0 Å². The maximum absolute atomic E-state index is 11.8. The number of hydrogen-bond donors (Lipinski definition) is 1. The Morgan fingerprint density at radius 2 is 1.80 bits per heavy atom. The Morgan fingerprint density at radius 3 is 2.48 bits per heavy atom. The summed E-state index contributed by atoms with van der Waals surface area (Å²) >= 11 is 0. The second kappa shape index (κ2) is 9.47. The highest BCUT2D eigenvalue weighted by Crippen LogP contribution is 2.18. The van der Waals surface area contributed by atoms with Gasteiger partial charge in [0.1, 0.15) is 18.1 Å². The molecule has 2 aromatic rings. The van der Waals surface area contributed by atoms with Gasteiger partial charge in [0, 0.05) is 0 Å². The van der Waals surface area contributed by atoms with Crippen molar-refractivity contribution in [2.75, 3.05) is 19.8 Å². The molecule has 25 heavy (non-hydrogen) atoms. The normalized spacial score (nSPS) is 10.4. The number of carbonyl (C=O) groups is 2. The summed E-state index contributed by atoms with van der Waals surface area (Å²) in [5, 5.41) is 2.71. The molecule has 0 aromatic heterocycles. The van der Waals surface area contributed by atoms with Crippen LogP contribution in [-0.2, 0) is 4.79 Å². The van der Waals surface area contributed by atoms with Crippen LogP contribution in [0.2, 0.25) is 0 Å². The summed E-state index contributed by atoms with van der Waals surface area (Å²) in [7, 11) is 0. The Balaban J connectivity index is 1.67. The van der Waals surface area contributed by atoms with Crippen LogP contribution in [0.25, 0.3) is 0 Å². The smallest absolute Gasteiger partial charge is 0.258 e. The van der Waals surface area contributed by atoms with Gasteiger partial charge in [-0.1, -0.05) is 38.1 Å². The molecule has 5 heteroatoms. The zero-order valence-corrected chi connectivity index (χ0v) is 14.5. The number of carbonyl (C=O) groups excluding carboxylic acids is 2. The molecule has 0 aliphatic heterocycles. The van der Waals surface area contributed by atoms with Crippen molar-refractivity contribution in [1.29, 1.82) is 0 Å². The Hall–Kier alpha value is -2.82. The van der Waals surface area contributed by atoms with Crippen LogP contribution in [0, 0.1) is 0 Å². The molecule has 0 bridgehead atoms. The van der Waals surface area contributed by atoms with E-state index >= 15 is 0 Å². The van der Waals surface area contributed by atoms with Crippen LogP contribution >= 0.6 is 0 Å². The predicted molar refractivity (Wildman–Crippen MR) is 96.4 cm³/mol. The third-order valence-corrected chi connectivity index (χ3v) is 3.64. The third-order valence-electron chi connectivity index (χ3n) is 3.64. The molecular weight excluding hydrogens is 318 g/mol. The molecule has 0 aliphatic rings. The SMILES string of the molecule is CC(C)c1ccc(OCCNC(=O)COc2ccccc2C=O)cc1. The monoisotopic (exact) mass is 341 g/mol. The van der Waals surface area contributed by atoms with Crippen LogP contribution in [0.3, 0.4) is 0 Å². The molecular formula is C20H23NO4. The highest BCUT2D eigenvalue weighted by molar-refractivity contribution is 5.80. The molecule has 0 atom stereocenters. The number of rotatable bonds is 9. The largest absolute Gasteiger partial charge is 0.492 e. The van der Waals surface area contributed by atoms with Gasteiger partial charge in [-0.25, -0.2) is 0 Å². The number of hydrogen-bond acceptors (Lipinski definition) is 4. The van der Waals surface area contributed by atoms with Gasteiger partial charge in [-0.15, -0.1) is 0 Å². The van der Waals surface area contributed by atoms with E-state index in [-0.39, 0.29) is 12.5 Å². The number of amides is 1. The minimum absolute atomic E-state index is 0.145. The van der Waals surface area contributed by atoms with Gasteiger partial charge in [-0.3, -0.25) is 9.59 Å². The molecule has 0 aliphatic carbocycles. The van der Waals surface area contributed by atoms with Crippen molar-refractivity contribution < 1.29 is 19.1 Å². The molecule has 0 spiro atoms. The van der Waals surface area contributed by atoms with Gasteiger partial charge in [0.25, 0.3) is 5.91 Å². The number of para-hydroxylation sites is 1. The average molecular weight is 341 g/mol. The quantitative estimate of drug-likeness (QED) is 0.562. The minimum atomic E-state index is -0.264. The Morgan fingerprint density at radius 1 is 1.08 bits per heavy atom. The molecule has 0 saturated heterocycles. The first kappa shape index (κ1) is 18.5. The maximum Gasteiger partial charge on any atom is 0.258 e. The van der Waals surface area contributed by atoms with E-state index in [2.05, 4.69) is 19.2 Å². The molecule has 0 saturated carbocycles. The Labute approximate surface area is 148 Å².